The van der Waals surface area contributed by atoms with Gasteiger partial charge < -0.3 is 24.6 Å². The summed E-state index contributed by atoms with van der Waals surface area (Å²) in [7, 11) is 1.61. The number of carbonyl (C=O) groups excluding carboxylic acids is 1. The molecule has 0 aliphatic carbocycles. The van der Waals surface area contributed by atoms with Crippen LogP contribution in [0.15, 0.2) is 55.4 Å². The number of ether oxygens (including phenoxy) is 2. The first-order valence-electron chi connectivity index (χ1n) is 11.4. The van der Waals surface area contributed by atoms with E-state index in [0.29, 0.717) is 48.9 Å². The number of methoxy groups -OCH3 is 1. The first kappa shape index (κ1) is 23.8. The van der Waals surface area contributed by atoms with Crippen LogP contribution in [-0.2, 0) is 0 Å². The van der Waals surface area contributed by atoms with Crippen LogP contribution in [-0.4, -0.2) is 60.3 Å². The number of rotatable bonds is 7. The fourth-order valence-electron chi connectivity index (χ4n) is 4.01. The van der Waals surface area contributed by atoms with Crippen molar-refractivity contribution in [1.29, 1.82) is 5.26 Å². The van der Waals surface area contributed by atoms with Gasteiger partial charge in [-0.3, -0.25) is 0 Å². The number of hydrogen-bond acceptors (Lipinski definition) is 7. The molecule has 3 aromatic rings. The highest BCUT2D eigenvalue weighted by Gasteiger charge is 2.24. The van der Waals surface area contributed by atoms with Crippen molar-refractivity contribution >= 4 is 28.4 Å². The molecule has 0 spiro atoms. The Hall–Kier alpha value is -4.32. The van der Waals surface area contributed by atoms with Crippen LogP contribution in [0.25, 0.3) is 10.9 Å². The van der Waals surface area contributed by atoms with E-state index in [4.69, 9.17) is 14.7 Å². The highest BCUT2D eigenvalue weighted by Crippen LogP contribution is 2.36. The van der Waals surface area contributed by atoms with Gasteiger partial charge in [0.15, 0.2) is 11.5 Å². The Labute approximate surface area is 204 Å². The van der Waals surface area contributed by atoms with E-state index in [0.717, 1.165) is 23.1 Å². The summed E-state index contributed by atoms with van der Waals surface area (Å²) in [5.41, 5.74) is 1.97. The second-order valence-corrected chi connectivity index (χ2v) is 8.26. The van der Waals surface area contributed by atoms with E-state index < -0.39 is 0 Å². The fourth-order valence-corrected chi connectivity index (χ4v) is 4.01. The van der Waals surface area contributed by atoms with Crippen molar-refractivity contribution in [2.24, 2.45) is 0 Å². The molecule has 1 N–H and O–H groups in total. The Morgan fingerprint density at radius 1 is 1.20 bits per heavy atom. The number of urea groups is 1. The average molecular weight is 473 g/mol. The van der Waals surface area contributed by atoms with Gasteiger partial charge in [0.1, 0.15) is 12.1 Å². The van der Waals surface area contributed by atoms with Crippen LogP contribution in [0.4, 0.5) is 16.3 Å². The Morgan fingerprint density at radius 3 is 2.60 bits per heavy atom. The van der Waals surface area contributed by atoms with Gasteiger partial charge in [-0.05, 0) is 37.3 Å². The Morgan fingerprint density at radius 2 is 1.94 bits per heavy atom. The lowest BCUT2D eigenvalue weighted by Gasteiger charge is -2.35. The van der Waals surface area contributed by atoms with Crippen LogP contribution in [0.3, 0.4) is 0 Å². The fraction of sp³-hybridized carbons (Fsp3) is 0.308. The molecule has 1 aliphatic rings. The minimum Gasteiger partial charge on any atom is -0.493 e. The van der Waals surface area contributed by atoms with Crippen molar-refractivity contribution in [3.8, 4) is 17.6 Å². The minimum atomic E-state index is -0.168. The van der Waals surface area contributed by atoms with Gasteiger partial charge in [0.05, 0.1) is 30.4 Å². The second-order valence-electron chi connectivity index (χ2n) is 8.26. The highest BCUT2D eigenvalue weighted by molar-refractivity contribution is 5.92. The number of carbonyl (C=O) groups is 1. The van der Waals surface area contributed by atoms with Gasteiger partial charge in [0, 0.05) is 49.7 Å². The molecular weight excluding hydrogens is 444 g/mol. The maximum Gasteiger partial charge on any atom is 0.321 e. The van der Waals surface area contributed by atoms with E-state index >= 15 is 0 Å². The van der Waals surface area contributed by atoms with Gasteiger partial charge >= 0.3 is 6.03 Å². The van der Waals surface area contributed by atoms with Gasteiger partial charge in [0.2, 0.25) is 0 Å². The zero-order valence-corrected chi connectivity index (χ0v) is 19.9. The zero-order chi connectivity index (χ0) is 24.8. The maximum atomic E-state index is 12.7. The maximum absolute atomic E-state index is 12.7. The molecule has 1 unspecified atom stereocenters. The molecule has 1 aromatic heterocycles. The van der Waals surface area contributed by atoms with Crippen LogP contribution >= 0.6 is 0 Å². The van der Waals surface area contributed by atoms with E-state index in [2.05, 4.69) is 32.8 Å². The monoisotopic (exact) mass is 472 g/mol. The third kappa shape index (κ3) is 5.44. The SMILES string of the molecule is C=CCC(C)Oc1cc2ncnc(N3CCN(C(=O)Nc4ccc(C#N)cc4)CC3)c2cc1OC. The summed E-state index contributed by atoms with van der Waals surface area (Å²) in [6.07, 6.45) is 4.05. The summed E-state index contributed by atoms with van der Waals surface area (Å²) in [5, 5.41) is 12.7. The number of benzene rings is 2. The standard InChI is InChI=1S/C26H28N6O3/c1-4-5-18(2)35-24-15-22-21(14-23(24)34-3)25(29-17-28-22)31-10-12-32(13-11-31)26(33)30-20-8-6-19(16-27)7-9-20/h4,6-9,14-15,17-18H,1,5,10-13H2,2-3H3,(H,30,33). The summed E-state index contributed by atoms with van der Waals surface area (Å²) in [5.74, 6) is 2.04. The first-order valence-corrected chi connectivity index (χ1v) is 11.4. The molecule has 2 amide bonds. The van der Waals surface area contributed by atoms with Crippen molar-refractivity contribution in [3.05, 3.63) is 60.9 Å². The largest absolute Gasteiger partial charge is 0.493 e. The van der Waals surface area contributed by atoms with E-state index in [1.165, 1.54) is 0 Å². The van der Waals surface area contributed by atoms with E-state index in [-0.39, 0.29) is 12.1 Å². The lowest BCUT2D eigenvalue weighted by molar-refractivity contribution is 0.208. The Bertz CT molecular complexity index is 1250. The number of piperazine rings is 1. The summed E-state index contributed by atoms with van der Waals surface area (Å²) >= 11 is 0. The first-order chi connectivity index (χ1) is 17.0. The molecule has 9 nitrogen and oxygen atoms in total. The predicted molar refractivity (Wildman–Crippen MR) is 135 cm³/mol. The Kier molecular flexibility index (Phi) is 7.31. The highest BCUT2D eigenvalue weighted by atomic mass is 16.5. The lowest BCUT2D eigenvalue weighted by atomic mass is 10.1. The number of fused-ring (bicyclic) bond motifs is 1. The molecule has 35 heavy (non-hydrogen) atoms. The lowest BCUT2D eigenvalue weighted by Crippen LogP contribution is -2.50. The van der Waals surface area contributed by atoms with Crippen LogP contribution in [0.2, 0.25) is 0 Å². The smallest absolute Gasteiger partial charge is 0.321 e. The molecule has 2 aromatic carbocycles. The van der Waals surface area contributed by atoms with Crippen molar-refractivity contribution in [3.63, 3.8) is 0 Å². The number of nitriles is 1. The molecule has 9 heteroatoms. The quantitative estimate of drug-likeness (QED) is 0.514. The summed E-state index contributed by atoms with van der Waals surface area (Å²) in [6, 6.07) is 12.5. The normalized spacial score (nSPS) is 14.2. The van der Waals surface area contributed by atoms with Crippen LogP contribution in [0.5, 0.6) is 11.5 Å². The number of amides is 2. The molecule has 180 valence electrons. The van der Waals surface area contributed by atoms with Crippen molar-refractivity contribution < 1.29 is 14.3 Å². The molecule has 0 saturated carbocycles. The number of nitrogens with one attached hydrogen (secondary N) is 1. The van der Waals surface area contributed by atoms with E-state index in [1.807, 2.05) is 25.1 Å². The third-order valence-electron chi connectivity index (χ3n) is 5.86. The summed E-state index contributed by atoms with van der Waals surface area (Å²) < 4.78 is 11.6. The Balaban J connectivity index is 1.46. The van der Waals surface area contributed by atoms with Gasteiger partial charge in [-0.1, -0.05) is 6.08 Å². The van der Waals surface area contributed by atoms with Gasteiger partial charge in [-0.2, -0.15) is 5.26 Å². The van der Waals surface area contributed by atoms with E-state index in [1.54, 1.807) is 42.6 Å². The molecule has 1 fully saturated rings. The average Bonchev–Trinajstić information content (AvgIpc) is 2.88. The van der Waals surface area contributed by atoms with Gasteiger partial charge in [0.25, 0.3) is 0 Å². The molecule has 4 rings (SSSR count). The molecule has 2 heterocycles. The molecule has 1 atom stereocenters. The van der Waals surface area contributed by atoms with Crippen molar-refractivity contribution in [1.82, 2.24) is 14.9 Å². The van der Waals surface area contributed by atoms with Crippen LogP contribution in [0, 0.1) is 11.3 Å². The molecule has 1 aliphatic heterocycles. The number of nitrogens with zero attached hydrogens (tertiary/aromatic N) is 5. The topological polar surface area (TPSA) is 104 Å². The molecule has 0 bridgehead atoms. The van der Waals surface area contributed by atoms with Crippen molar-refractivity contribution in [2.45, 2.75) is 19.4 Å². The van der Waals surface area contributed by atoms with Crippen LogP contribution in [0.1, 0.15) is 18.9 Å². The molecule has 1 saturated heterocycles. The predicted octanol–water partition coefficient (Wildman–Crippen LogP) is 4.21. The van der Waals surface area contributed by atoms with Crippen LogP contribution < -0.4 is 19.7 Å². The molecule has 0 radical (unpaired) electrons. The third-order valence-corrected chi connectivity index (χ3v) is 5.86. The summed E-state index contributed by atoms with van der Waals surface area (Å²) in [6.45, 7) is 8.10. The van der Waals surface area contributed by atoms with Gasteiger partial charge in [-0.25, -0.2) is 14.8 Å². The van der Waals surface area contributed by atoms with E-state index in [9.17, 15) is 4.79 Å². The van der Waals surface area contributed by atoms with Gasteiger partial charge in [-0.15, -0.1) is 6.58 Å². The number of hydrogen-bond donors (Lipinski definition) is 1. The summed E-state index contributed by atoms with van der Waals surface area (Å²) in [4.78, 5) is 25.6. The number of aromatic nitrogens is 2. The minimum absolute atomic E-state index is 0.0383. The molecular formula is C26H28N6O3. The van der Waals surface area contributed by atoms with Crippen molar-refractivity contribution in [2.75, 3.05) is 43.5 Å². The second kappa shape index (κ2) is 10.7. The number of anilines is 2. The zero-order valence-electron chi connectivity index (χ0n) is 19.9.